The first-order valence-electron chi connectivity index (χ1n) is 5.66. The van der Waals surface area contributed by atoms with Gasteiger partial charge in [-0.1, -0.05) is 13.3 Å². The average Bonchev–Trinajstić information content (AvgIpc) is 2.35. The number of hydrogen-bond donors (Lipinski definition) is 2. The van der Waals surface area contributed by atoms with Gasteiger partial charge in [-0.2, -0.15) is 5.10 Å². The van der Waals surface area contributed by atoms with Gasteiger partial charge >= 0.3 is 0 Å². The number of aromatic nitrogens is 2. The molecular weight excluding hydrogens is 222 g/mol. The molecule has 17 heavy (non-hydrogen) atoms. The molecule has 1 aromatic rings. The fraction of sp³-hybridized carbons (Fsp3) is 0.545. The summed E-state index contributed by atoms with van der Waals surface area (Å²) in [4.78, 5) is 23.0. The second-order valence-corrected chi connectivity index (χ2v) is 3.61. The highest BCUT2D eigenvalue weighted by Crippen LogP contribution is 1.93. The number of aliphatic hydroxyl groups is 1. The monoisotopic (exact) mass is 239 g/mol. The van der Waals surface area contributed by atoms with E-state index in [0.717, 1.165) is 12.8 Å². The van der Waals surface area contributed by atoms with E-state index in [1.807, 2.05) is 6.92 Å². The third-order valence-electron chi connectivity index (χ3n) is 2.22. The Kier molecular flexibility index (Phi) is 5.35. The Morgan fingerprint density at radius 2 is 2.29 bits per heavy atom. The number of aliphatic hydroxyl groups excluding tert-OH is 1. The molecule has 0 aliphatic heterocycles. The third-order valence-corrected chi connectivity index (χ3v) is 2.22. The van der Waals surface area contributed by atoms with E-state index < -0.39 is 0 Å². The molecular formula is C11H17N3O3. The Hall–Kier alpha value is -1.69. The number of hydrogen-bond acceptors (Lipinski definition) is 4. The van der Waals surface area contributed by atoms with Crippen LogP contribution < -0.4 is 10.9 Å². The first-order chi connectivity index (χ1) is 8.19. The Labute approximate surface area is 99.3 Å². The Bertz CT molecular complexity index is 428. The van der Waals surface area contributed by atoms with E-state index in [4.69, 9.17) is 5.11 Å². The lowest BCUT2D eigenvalue weighted by atomic mass is 10.3. The third kappa shape index (κ3) is 3.99. The zero-order valence-corrected chi connectivity index (χ0v) is 9.85. The van der Waals surface area contributed by atoms with Crippen molar-refractivity contribution in [1.29, 1.82) is 0 Å². The van der Waals surface area contributed by atoms with Crippen LogP contribution in [-0.4, -0.2) is 33.9 Å². The van der Waals surface area contributed by atoms with Crippen LogP contribution in [0.4, 0.5) is 0 Å². The largest absolute Gasteiger partial charge is 0.395 e. The number of aryl methyl sites for hydroxylation is 1. The zero-order valence-electron chi connectivity index (χ0n) is 9.85. The van der Waals surface area contributed by atoms with Gasteiger partial charge in [0, 0.05) is 19.2 Å². The molecule has 94 valence electrons. The quantitative estimate of drug-likeness (QED) is 0.718. The minimum absolute atomic E-state index is 0.124. The van der Waals surface area contributed by atoms with Crippen LogP contribution in [0, 0.1) is 0 Å². The van der Waals surface area contributed by atoms with Crippen LogP contribution in [0.25, 0.3) is 0 Å². The van der Waals surface area contributed by atoms with Gasteiger partial charge in [0.05, 0.1) is 6.61 Å². The topological polar surface area (TPSA) is 84.2 Å². The molecule has 0 aromatic carbocycles. The van der Waals surface area contributed by atoms with Crippen LogP contribution >= 0.6 is 0 Å². The fourth-order valence-electron chi connectivity index (χ4n) is 1.30. The van der Waals surface area contributed by atoms with Gasteiger partial charge in [0.2, 0.25) is 0 Å². The standard InChI is InChI=1S/C11H17N3O3/c1-2-3-7-14-10(16)5-4-9(13-14)11(17)12-6-8-15/h4-5,15H,2-3,6-8H2,1H3,(H,12,17). The molecule has 2 N–H and O–H groups in total. The van der Waals surface area contributed by atoms with E-state index in [1.54, 1.807) is 0 Å². The molecule has 6 nitrogen and oxygen atoms in total. The van der Waals surface area contributed by atoms with Gasteiger partial charge in [-0.15, -0.1) is 0 Å². The Morgan fingerprint density at radius 3 is 2.94 bits per heavy atom. The van der Waals surface area contributed by atoms with Gasteiger partial charge < -0.3 is 10.4 Å². The smallest absolute Gasteiger partial charge is 0.271 e. The molecule has 1 heterocycles. The Morgan fingerprint density at radius 1 is 1.53 bits per heavy atom. The molecule has 0 unspecified atom stereocenters. The van der Waals surface area contributed by atoms with Crippen LogP contribution in [0.3, 0.4) is 0 Å². The summed E-state index contributed by atoms with van der Waals surface area (Å²) in [6.45, 7) is 2.58. The van der Waals surface area contributed by atoms with Crippen LogP contribution in [-0.2, 0) is 6.54 Å². The van der Waals surface area contributed by atoms with Crippen LogP contribution in [0.1, 0.15) is 30.3 Å². The lowest BCUT2D eigenvalue weighted by Gasteiger charge is -2.06. The van der Waals surface area contributed by atoms with Crippen LogP contribution in [0.15, 0.2) is 16.9 Å². The molecule has 0 saturated heterocycles. The molecule has 0 aliphatic carbocycles. The van der Waals surface area contributed by atoms with Gasteiger partial charge in [0.25, 0.3) is 11.5 Å². The second-order valence-electron chi connectivity index (χ2n) is 3.61. The lowest BCUT2D eigenvalue weighted by Crippen LogP contribution is -2.31. The van der Waals surface area contributed by atoms with Gasteiger partial charge in [-0.3, -0.25) is 9.59 Å². The first kappa shape index (κ1) is 13.4. The summed E-state index contributed by atoms with van der Waals surface area (Å²) in [5, 5.41) is 15.0. The van der Waals surface area contributed by atoms with Gasteiger partial charge in [-0.25, -0.2) is 4.68 Å². The zero-order chi connectivity index (χ0) is 12.7. The number of rotatable bonds is 6. The highest BCUT2D eigenvalue weighted by Gasteiger charge is 2.08. The van der Waals surface area contributed by atoms with Crippen molar-refractivity contribution in [1.82, 2.24) is 15.1 Å². The average molecular weight is 239 g/mol. The van der Waals surface area contributed by atoms with Crippen molar-refractivity contribution >= 4 is 5.91 Å². The summed E-state index contributed by atoms with van der Waals surface area (Å²) in [5.74, 6) is -0.385. The van der Waals surface area contributed by atoms with E-state index in [-0.39, 0.29) is 30.3 Å². The van der Waals surface area contributed by atoms with E-state index in [1.165, 1.54) is 16.8 Å². The lowest BCUT2D eigenvalue weighted by molar-refractivity contribution is 0.0937. The molecule has 0 atom stereocenters. The normalized spacial score (nSPS) is 10.2. The molecule has 0 spiro atoms. The fourth-order valence-corrected chi connectivity index (χ4v) is 1.30. The van der Waals surface area contributed by atoms with Gasteiger partial charge in [0.1, 0.15) is 5.69 Å². The van der Waals surface area contributed by atoms with Crippen LogP contribution in [0.5, 0.6) is 0 Å². The number of unbranched alkanes of at least 4 members (excludes halogenated alkanes) is 1. The number of amides is 1. The van der Waals surface area contributed by atoms with Crippen molar-refractivity contribution < 1.29 is 9.90 Å². The molecule has 1 rings (SSSR count). The molecule has 0 bridgehead atoms. The summed E-state index contributed by atoms with van der Waals surface area (Å²) in [5.41, 5.74) is -0.0219. The van der Waals surface area contributed by atoms with Crippen molar-refractivity contribution in [2.75, 3.05) is 13.2 Å². The van der Waals surface area contributed by atoms with E-state index in [0.29, 0.717) is 6.54 Å². The van der Waals surface area contributed by atoms with Crippen molar-refractivity contribution in [3.63, 3.8) is 0 Å². The second kappa shape index (κ2) is 6.80. The first-order valence-corrected chi connectivity index (χ1v) is 5.66. The predicted octanol–water partition coefficient (Wildman–Crippen LogP) is -0.235. The van der Waals surface area contributed by atoms with Crippen LogP contribution in [0.2, 0.25) is 0 Å². The van der Waals surface area contributed by atoms with E-state index >= 15 is 0 Å². The molecule has 1 aromatic heterocycles. The summed E-state index contributed by atoms with van der Waals surface area (Å²) in [6.07, 6.45) is 1.80. The summed E-state index contributed by atoms with van der Waals surface area (Å²) in [7, 11) is 0. The van der Waals surface area contributed by atoms with Gasteiger partial charge in [0.15, 0.2) is 0 Å². The van der Waals surface area contributed by atoms with Crippen molar-refractivity contribution in [3.8, 4) is 0 Å². The minimum atomic E-state index is -0.385. The number of nitrogens with zero attached hydrogens (tertiary/aromatic N) is 2. The number of carbonyl (C=O) groups is 1. The summed E-state index contributed by atoms with van der Waals surface area (Å²) in [6, 6.07) is 2.72. The maximum atomic E-state index is 11.5. The SMILES string of the molecule is CCCCn1nc(C(=O)NCCO)ccc1=O. The van der Waals surface area contributed by atoms with Gasteiger partial charge in [-0.05, 0) is 12.5 Å². The van der Waals surface area contributed by atoms with Crippen molar-refractivity contribution in [3.05, 3.63) is 28.2 Å². The molecule has 0 fully saturated rings. The number of nitrogens with one attached hydrogen (secondary N) is 1. The number of carbonyl (C=O) groups excluding carboxylic acids is 1. The molecule has 0 aliphatic rings. The van der Waals surface area contributed by atoms with E-state index in [2.05, 4.69) is 10.4 Å². The maximum absolute atomic E-state index is 11.5. The van der Waals surface area contributed by atoms with Crippen molar-refractivity contribution in [2.45, 2.75) is 26.3 Å². The maximum Gasteiger partial charge on any atom is 0.271 e. The molecule has 6 heteroatoms. The predicted molar refractivity (Wildman–Crippen MR) is 62.8 cm³/mol. The molecule has 0 radical (unpaired) electrons. The highest BCUT2D eigenvalue weighted by atomic mass is 16.3. The summed E-state index contributed by atoms with van der Waals surface area (Å²) >= 11 is 0. The molecule has 1 amide bonds. The molecule has 0 saturated carbocycles. The highest BCUT2D eigenvalue weighted by molar-refractivity contribution is 5.91. The minimum Gasteiger partial charge on any atom is -0.395 e. The van der Waals surface area contributed by atoms with Crippen molar-refractivity contribution in [2.24, 2.45) is 0 Å². The summed E-state index contributed by atoms with van der Waals surface area (Å²) < 4.78 is 1.29. The Balaban J connectivity index is 2.80. The van der Waals surface area contributed by atoms with E-state index in [9.17, 15) is 9.59 Å².